The zero-order valence-electron chi connectivity index (χ0n) is 14.0. The van der Waals surface area contributed by atoms with Gasteiger partial charge in [0.25, 0.3) is 0 Å². The number of amides is 1. The molecule has 0 unspecified atom stereocenters. The van der Waals surface area contributed by atoms with Crippen LogP contribution in [0, 0.1) is 0 Å². The summed E-state index contributed by atoms with van der Waals surface area (Å²) in [6.45, 7) is 10.3. The lowest BCUT2D eigenvalue weighted by atomic mass is 10.2. The summed E-state index contributed by atoms with van der Waals surface area (Å²) in [5, 5.41) is 10.3. The minimum Gasteiger partial charge on any atom is -0.444 e. The van der Waals surface area contributed by atoms with Crippen LogP contribution in [0.4, 0.5) is 10.7 Å². The van der Waals surface area contributed by atoms with Crippen molar-refractivity contribution in [3.05, 3.63) is 5.82 Å². The molecule has 22 heavy (non-hydrogen) atoms. The van der Waals surface area contributed by atoms with Crippen LogP contribution in [-0.2, 0) is 4.74 Å². The van der Waals surface area contributed by atoms with E-state index in [9.17, 15) is 4.79 Å². The summed E-state index contributed by atoms with van der Waals surface area (Å²) in [5.41, 5.74) is -0.462. The van der Waals surface area contributed by atoms with Crippen molar-refractivity contribution in [1.82, 2.24) is 25.4 Å². The lowest BCUT2D eigenvalue weighted by Crippen LogP contribution is -2.50. The van der Waals surface area contributed by atoms with Gasteiger partial charge < -0.3 is 19.9 Å². The van der Waals surface area contributed by atoms with E-state index in [1.165, 1.54) is 0 Å². The van der Waals surface area contributed by atoms with E-state index in [4.69, 9.17) is 4.74 Å². The Kier molecular flexibility index (Phi) is 4.90. The summed E-state index contributed by atoms with van der Waals surface area (Å²) in [6.07, 6.45) is -0.258. The molecule has 8 nitrogen and oxygen atoms in total. The van der Waals surface area contributed by atoms with Crippen LogP contribution in [0.15, 0.2) is 0 Å². The highest BCUT2D eigenvalue weighted by molar-refractivity contribution is 5.68. The number of anilines is 1. The number of H-pyrrole nitrogens is 1. The molecule has 2 rings (SSSR count). The summed E-state index contributed by atoms with van der Waals surface area (Å²) >= 11 is 0. The van der Waals surface area contributed by atoms with E-state index < -0.39 is 5.60 Å². The highest BCUT2D eigenvalue weighted by atomic mass is 16.6. The third kappa shape index (κ3) is 4.09. The van der Waals surface area contributed by atoms with Crippen molar-refractivity contribution < 1.29 is 9.53 Å². The first-order valence-corrected chi connectivity index (χ1v) is 7.62. The minimum absolute atomic E-state index is 0.129. The maximum atomic E-state index is 12.0. The number of nitrogens with one attached hydrogen (secondary N) is 2. The Bertz CT molecular complexity index is 502. The molecule has 0 radical (unpaired) electrons. The first-order chi connectivity index (χ1) is 10.3. The van der Waals surface area contributed by atoms with E-state index in [-0.39, 0.29) is 12.1 Å². The number of ether oxygens (including phenoxy) is 1. The van der Waals surface area contributed by atoms with Gasteiger partial charge in [-0.2, -0.15) is 4.98 Å². The number of piperazine rings is 1. The number of hydrogen-bond acceptors (Lipinski definition) is 6. The van der Waals surface area contributed by atoms with Gasteiger partial charge in [-0.05, 0) is 34.7 Å². The van der Waals surface area contributed by atoms with Crippen LogP contribution in [-0.4, -0.2) is 65.0 Å². The molecule has 0 aromatic carbocycles. The van der Waals surface area contributed by atoms with Crippen LogP contribution in [0.3, 0.4) is 0 Å². The van der Waals surface area contributed by atoms with Crippen LogP contribution in [0.2, 0.25) is 0 Å². The van der Waals surface area contributed by atoms with Gasteiger partial charge in [0.2, 0.25) is 5.95 Å². The number of aromatic nitrogens is 3. The van der Waals surface area contributed by atoms with Crippen molar-refractivity contribution in [3.8, 4) is 0 Å². The van der Waals surface area contributed by atoms with Crippen molar-refractivity contribution >= 4 is 12.0 Å². The van der Waals surface area contributed by atoms with Crippen LogP contribution in [0.25, 0.3) is 0 Å². The summed E-state index contributed by atoms with van der Waals surface area (Å²) in [4.78, 5) is 20.3. The molecule has 2 N–H and O–H groups in total. The third-order valence-corrected chi connectivity index (χ3v) is 3.55. The second kappa shape index (κ2) is 6.51. The van der Waals surface area contributed by atoms with E-state index >= 15 is 0 Å². The molecule has 124 valence electrons. The van der Waals surface area contributed by atoms with Crippen LogP contribution >= 0.6 is 0 Å². The molecule has 0 bridgehead atoms. The summed E-state index contributed by atoms with van der Waals surface area (Å²) in [5.74, 6) is 1.49. The lowest BCUT2D eigenvalue weighted by molar-refractivity contribution is 0.0240. The van der Waals surface area contributed by atoms with Crippen molar-refractivity contribution in [1.29, 1.82) is 0 Å². The van der Waals surface area contributed by atoms with Crippen molar-refractivity contribution in [2.75, 3.05) is 38.1 Å². The zero-order chi connectivity index (χ0) is 16.3. The van der Waals surface area contributed by atoms with Gasteiger partial charge in [-0.15, -0.1) is 5.10 Å². The Morgan fingerprint density at radius 2 is 1.95 bits per heavy atom. The van der Waals surface area contributed by atoms with Crippen LogP contribution in [0.1, 0.15) is 39.6 Å². The second-order valence-electron chi connectivity index (χ2n) is 6.49. The third-order valence-electron chi connectivity index (χ3n) is 3.55. The smallest absolute Gasteiger partial charge is 0.410 e. The maximum Gasteiger partial charge on any atom is 0.410 e. The van der Waals surface area contributed by atoms with E-state index in [0.717, 1.165) is 5.82 Å². The standard InChI is InChI=1S/C14H26N6O2/c1-10(15-5)11-16-12(18-17-11)19-6-8-20(9-7-19)13(21)22-14(2,3)4/h10,15H,6-9H2,1-5H3,(H,16,17,18)/t10-/m0/s1. The number of hydrogen-bond donors (Lipinski definition) is 2. The molecule has 1 aromatic rings. The normalized spacial score (nSPS) is 17.5. The van der Waals surface area contributed by atoms with Crippen molar-refractivity contribution in [2.24, 2.45) is 0 Å². The van der Waals surface area contributed by atoms with Gasteiger partial charge >= 0.3 is 6.09 Å². The van der Waals surface area contributed by atoms with E-state index in [2.05, 4.69) is 25.4 Å². The fourth-order valence-corrected chi connectivity index (χ4v) is 2.15. The van der Waals surface area contributed by atoms with Crippen molar-refractivity contribution in [3.63, 3.8) is 0 Å². The number of carbonyl (C=O) groups excluding carboxylic acids is 1. The van der Waals surface area contributed by atoms with E-state index in [1.807, 2.05) is 34.7 Å². The van der Waals surface area contributed by atoms with E-state index in [0.29, 0.717) is 32.1 Å². The zero-order valence-corrected chi connectivity index (χ0v) is 14.0. The minimum atomic E-state index is -0.462. The molecule has 8 heteroatoms. The molecule has 0 aliphatic carbocycles. The summed E-state index contributed by atoms with van der Waals surface area (Å²) in [6, 6.07) is 0.129. The lowest BCUT2D eigenvalue weighted by Gasteiger charge is -2.35. The average molecular weight is 310 g/mol. The predicted octanol–water partition coefficient (Wildman–Crippen LogP) is 1.14. The molecular formula is C14H26N6O2. The Hall–Kier alpha value is -1.83. The van der Waals surface area contributed by atoms with Gasteiger partial charge in [0, 0.05) is 26.2 Å². The molecular weight excluding hydrogens is 284 g/mol. The molecule has 1 saturated heterocycles. The number of carbonyl (C=O) groups is 1. The first kappa shape index (κ1) is 16.5. The molecule has 1 aromatic heterocycles. The molecule has 1 fully saturated rings. The number of nitrogens with zero attached hydrogens (tertiary/aromatic N) is 4. The Balaban J connectivity index is 1.89. The quantitative estimate of drug-likeness (QED) is 0.871. The molecule has 1 amide bonds. The maximum absolute atomic E-state index is 12.0. The van der Waals surface area contributed by atoms with Crippen LogP contribution < -0.4 is 10.2 Å². The van der Waals surface area contributed by atoms with Gasteiger partial charge in [0.1, 0.15) is 11.4 Å². The SMILES string of the molecule is CN[C@@H](C)c1nc(N2CCN(C(=O)OC(C)(C)C)CC2)n[nH]1. The topological polar surface area (TPSA) is 86.4 Å². The highest BCUT2D eigenvalue weighted by Gasteiger charge is 2.27. The Labute approximate surface area is 131 Å². The molecule has 1 aliphatic rings. The summed E-state index contributed by atoms with van der Waals surface area (Å²) in [7, 11) is 1.88. The van der Waals surface area contributed by atoms with Crippen molar-refractivity contribution in [2.45, 2.75) is 39.3 Å². The molecule has 2 heterocycles. The van der Waals surface area contributed by atoms with Gasteiger partial charge in [-0.25, -0.2) is 4.79 Å². The van der Waals surface area contributed by atoms with Crippen LogP contribution in [0.5, 0.6) is 0 Å². The fourth-order valence-electron chi connectivity index (χ4n) is 2.15. The number of rotatable bonds is 3. The van der Waals surface area contributed by atoms with Gasteiger partial charge in [-0.3, -0.25) is 5.10 Å². The predicted molar refractivity (Wildman–Crippen MR) is 83.9 cm³/mol. The fraction of sp³-hybridized carbons (Fsp3) is 0.786. The monoisotopic (exact) mass is 310 g/mol. The molecule has 0 saturated carbocycles. The number of aromatic amines is 1. The van der Waals surface area contributed by atoms with E-state index in [1.54, 1.807) is 4.90 Å². The molecule has 1 atom stereocenters. The summed E-state index contributed by atoms with van der Waals surface area (Å²) < 4.78 is 5.39. The Morgan fingerprint density at radius 1 is 1.32 bits per heavy atom. The largest absolute Gasteiger partial charge is 0.444 e. The van der Waals surface area contributed by atoms with Gasteiger partial charge in [0.05, 0.1) is 6.04 Å². The molecule has 1 aliphatic heterocycles. The van der Waals surface area contributed by atoms with Gasteiger partial charge in [-0.1, -0.05) is 0 Å². The second-order valence-corrected chi connectivity index (χ2v) is 6.49. The molecule has 0 spiro atoms. The Morgan fingerprint density at radius 3 is 2.50 bits per heavy atom. The van der Waals surface area contributed by atoms with Gasteiger partial charge in [0.15, 0.2) is 0 Å². The highest BCUT2D eigenvalue weighted by Crippen LogP contribution is 2.16. The first-order valence-electron chi connectivity index (χ1n) is 7.62. The average Bonchev–Trinajstić information content (AvgIpc) is 2.94.